The Kier molecular flexibility index (Phi) is 4.34. The Bertz CT molecular complexity index is 364. The van der Waals surface area contributed by atoms with Crippen molar-refractivity contribution >= 4 is 0 Å². The van der Waals surface area contributed by atoms with E-state index in [9.17, 15) is 4.39 Å². The number of halogens is 1. The zero-order valence-corrected chi connectivity index (χ0v) is 10.0. The molecule has 1 aromatic rings. The van der Waals surface area contributed by atoms with E-state index in [1.54, 1.807) is 12.1 Å². The van der Waals surface area contributed by atoms with Gasteiger partial charge in [0.15, 0.2) is 11.6 Å². The molecular weight excluding hydrogens is 221 g/mol. The molecule has 17 heavy (non-hydrogen) atoms. The summed E-state index contributed by atoms with van der Waals surface area (Å²) in [7, 11) is 0. The highest BCUT2D eigenvalue weighted by Crippen LogP contribution is 2.19. The van der Waals surface area contributed by atoms with Gasteiger partial charge in [0.05, 0.1) is 19.8 Å². The lowest BCUT2D eigenvalue weighted by atomic mass is 10.1. The van der Waals surface area contributed by atoms with Crippen LogP contribution in [0.2, 0.25) is 0 Å². The Hall–Kier alpha value is -1.13. The second-order valence-electron chi connectivity index (χ2n) is 4.13. The van der Waals surface area contributed by atoms with Crippen molar-refractivity contribution in [2.45, 2.75) is 19.4 Å². The van der Waals surface area contributed by atoms with Crippen LogP contribution in [-0.4, -0.2) is 32.4 Å². The molecule has 1 unspecified atom stereocenters. The minimum Gasteiger partial charge on any atom is -0.491 e. The minimum atomic E-state index is -0.291. The molecule has 0 saturated carbocycles. The van der Waals surface area contributed by atoms with Crippen molar-refractivity contribution in [1.82, 2.24) is 5.32 Å². The molecule has 0 aromatic heterocycles. The van der Waals surface area contributed by atoms with Gasteiger partial charge in [-0.2, -0.15) is 0 Å². The van der Waals surface area contributed by atoms with Gasteiger partial charge in [-0.1, -0.05) is 6.07 Å². The van der Waals surface area contributed by atoms with Gasteiger partial charge in [0.1, 0.15) is 0 Å². The van der Waals surface area contributed by atoms with E-state index in [0.717, 1.165) is 25.1 Å². The maximum Gasteiger partial charge on any atom is 0.165 e. The van der Waals surface area contributed by atoms with Crippen LogP contribution in [0.5, 0.6) is 5.75 Å². The van der Waals surface area contributed by atoms with Crippen LogP contribution < -0.4 is 10.1 Å². The van der Waals surface area contributed by atoms with Gasteiger partial charge >= 0.3 is 0 Å². The van der Waals surface area contributed by atoms with Crippen LogP contribution in [0.4, 0.5) is 4.39 Å². The summed E-state index contributed by atoms with van der Waals surface area (Å²) in [5.41, 5.74) is 0.967. The van der Waals surface area contributed by atoms with Crippen LogP contribution in [0.15, 0.2) is 18.2 Å². The molecular formula is C13H18FNO2. The minimum absolute atomic E-state index is 0.279. The second kappa shape index (κ2) is 5.98. The van der Waals surface area contributed by atoms with E-state index in [-0.39, 0.29) is 11.9 Å². The lowest BCUT2D eigenvalue weighted by Gasteiger charge is -2.23. The third-order valence-corrected chi connectivity index (χ3v) is 2.78. The van der Waals surface area contributed by atoms with E-state index in [4.69, 9.17) is 9.47 Å². The van der Waals surface area contributed by atoms with Crippen LogP contribution >= 0.6 is 0 Å². The van der Waals surface area contributed by atoms with Gasteiger partial charge in [0.2, 0.25) is 0 Å². The highest BCUT2D eigenvalue weighted by molar-refractivity contribution is 5.29. The molecule has 1 fully saturated rings. The molecule has 0 spiro atoms. The smallest absolute Gasteiger partial charge is 0.165 e. The summed E-state index contributed by atoms with van der Waals surface area (Å²) in [4.78, 5) is 0. The average Bonchev–Trinajstić information content (AvgIpc) is 2.34. The summed E-state index contributed by atoms with van der Waals surface area (Å²) in [6.45, 7) is 4.64. The van der Waals surface area contributed by atoms with Crippen LogP contribution in [0.25, 0.3) is 0 Å². The molecule has 4 heteroatoms. The molecule has 1 aliphatic rings. The Morgan fingerprint density at radius 2 is 2.41 bits per heavy atom. The highest BCUT2D eigenvalue weighted by Gasteiger charge is 2.14. The van der Waals surface area contributed by atoms with E-state index in [0.29, 0.717) is 19.0 Å². The van der Waals surface area contributed by atoms with Crippen LogP contribution in [0.3, 0.4) is 0 Å². The molecule has 0 radical (unpaired) electrons. The fourth-order valence-electron chi connectivity index (χ4n) is 1.98. The fraction of sp³-hybridized carbons (Fsp3) is 0.538. The van der Waals surface area contributed by atoms with Gasteiger partial charge in [-0.3, -0.25) is 0 Å². The molecule has 3 nitrogen and oxygen atoms in total. The Morgan fingerprint density at radius 3 is 3.06 bits per heavy atom. The van der Waals surface area contributed by atoms with Crippen LogP contribution in [0.1, 0.15) is 12.5 Å². The number of morpholine rings is 1. The third kappa shape index (κ3) is 3.41. The van der Waals surface area contributed by atoms with Crippen molar-refractivity contribution in [1.29, 1.82) is 0 Å². The summed E-state index contributed by atoms with van der Waals surface area (Å²) in [5, 5.41) is 3.35. The molecule has 94 valence electrons. The first-order valence-electron chi connectivity index (χ1n) is 6.02. The van der Waals surface area contributed by atoms with Crippen LogP contribution in [-0.2, 0) is 11.2 Å². The molecule has 0 amide bonds. The highest BCUT2D eigenvalue weighted by atomic mass is 19.1. The summed E-state index contributed by atoms with van der Waals surface area (Å²) >= 11 is 0. The maximum absolute atomic E-state index is 13.6. The molecule has 1 saturated heterocycles. The lowest BCUT2D eigenvalue weighted by molar-refractivity contribution is 0.0770. The van der Waals surface area contributed by atoms with E-state index >= 15 is 0 Å². The molecule has 2 rings (SSSR count). The van der Waals surface area contributed by atoms with Crippen molar-refractivity contribution in [3.63, 3.8) is 0 Å². The van der Waals surface area contributed by atoms with Gasteiger partial charge in [-0.05, 0) is 31.0 Å². The Morgan fingerprint density at radius 1 is 1.53 bits per heavy atom. The van der Waals surface area contributed by atoms with Crippen molar-refractivity contribution < 1.29 is 13.9 Å². The topological polar surface area (TPSA) is 30.5 Å². The Labute approximate surface area is 101 Å². The number of hydrogen-bond donors (Lipinski definition) is 1. The summed E-state index contributed by atoms with van der Waals surface area (Å²) in [6, 6.07) is 5.42. The SMILES string of the molecule is CCOc1ccc(CC2COCCN2)cc1F. The second-order valence-corrected chi connectivity index (χ2v) is 4.13. The predicted molar refractivity (Wildman–Crippen MR) is 63.9 cm³/mol. The van der Waals surface area contributed by atoms with Crippen molar-refractivity contribution in [2.75, 3.05) is 26.4 Å². The van der Waals surface area contributed by atoms with Gasteiger partial charge in [-0.15, -0.1) is 0 Å². The fourth-order valence-corrected chi connectivity index (χ4v) is 1.98. The molecule has 0 aliphatic carbocycles. The van der Waals surface area contributed by atoms with E-state index in [1.165, 1.54) is 0 Å². The van der Waals surface area contributed by atoms with Gasteiger partial charge in [0, 0.05) is 12.6 Å². The van der Waals surface area contributed by atoms with Crippen molar-refractivity contribution in [2.24, 2.45) is 0 Å². The number of benzene rings is 1. The first-order valence-corrected chi connectivity index (χ1v) is 6.02. The first-order chi connectivity index (χ1) is 8.29. The van der Waals surface area contributed by atoms with Gasteiger partial charge < -0.3 is 14.8 Å². The quantitative estimate of drug-likeness (QED) is 0.868. The number of ether oxygens (including phenoxy) is 2. The molecule has 1 aromatic carbocycles. The summed E-state index contributed by atoms with van der Waals surface area (Å²) in [5.74, 6) is 0.0326. The number of hydrogen-bond acceptors (Lipinski definition) is 3. The monoisotopic (exact) mass is 239 g/mol. The Balaban J connectivity index is 1.98. The standard InChI is InChI=1S/C13H18FNO2/c1-2-17-13-4-3-10(8-12(13)14)7-11-9-16-6-5-15-11/h3-4,8,11,15H,2,5-7,9H2,1H3. The largest absolute Gasteiger partial charge is 0.491 e. The summed E-state index contributed by atoms with van der Waals surface area (Å²) in [6.07, 6.45) is 0.781. The third-order valence-electron chi connectivity index (χ3n) is 2.78. The van der Waals surface area contributed by atoms with Crippen molar-refractivity contribution in [3.8, 4) is 5.75 Å². The lowest BCUT2D eigenvalue weighted by Crippen LogP contribution is -2.42. The normalized spacial score (nSPS) is 20.2. The van der Waals surface area contributed by atoms with Gasteiger partial charge in [-0.25, -0.2) is 4.39 Å². The first kappa shape index (κ1) is 12.3. The van der Waals surface area contributed by atoms with E-state index in [1.807, 2.05) is 13.0 Å². The molecule has 1 heterocycles. The van der Waals surface area contributed by atoms with Crippen molar-refractivity contribution in [3.05, 3.63) is 29.6 Å². The zero-order valence-electron chi connectivity index (χ0n) is 10.0. The molecule has 0 bridgehead atoms. The average molecular weight is 239 g/mol. The number of nitrogens with one attached hydrogen (secondary N) is 1. The molecule has 1 aliphatic heterocycles. The maximum atomic E-state index is 13.6. The predicted octanol–water partition coefficient (Wildman–Crippen LogP) is 1.76. The van der Waals surface area contributed by atoms with Gasteiger partial charge in [0.25, 0.3) is 0 Å². The van der Waals surface area contributed by atoms with Crippen LogP contribution in [0, 0.1) is 5.82 Å². The number of rotatable bonds is 4. The van der Waals surface area contributed by atoms with E-state index < -0.39 is 0 Å². The van der Waals surface area contributed by atoms with E-state index in [2.05, 4.69) is 5.32 Å². The molecule has 1 N–H and O–H groups in total. The summed E-state index contributed by atoms with van der Waals surface area (Å²) < 4.78 is 24.1. The zero-order chi connectivity index (χ0) is 12.1. The molecule has 1 atom stereocenters.